The molecule has 2 rings (SSSR count). The topological polar surface area (TPSA) is 59.9 Å². The molecular weight excluding hydrogens is 375 g/mol. The van der Waals surface area contributed by atoms with Gasteiger partial charge in [0.25, 0.3) is 0 Å². The highest BCUT2D eigenvalue weighted by Crippen LogP contribution is 2.24. The van der Waals surface area contributed by atoms with Gasteiger partial charge in [-0.15, -0.1) is 11.3 Å². The summed E-state index contributed by atoms with van der Waals surface area (Å²) in [6.45, 7) is 3.48. The maximum atomic E-state index is 5.20. The Hall–Kier alpha value is -0.800. The van der Waals surface area contributed by atoms with Gasteiger partial charge in [-0.2, -0.15) is 0 Å². The molecule has 19 heavy (non-hydrogen) atoms. The second kappa shape index (κ2) is 7.11. The molecule has 0 saturated heterocycles. The molecule has 0 fully saturated rings. The summed E-state index contributed by atoms with van der Waals surface area (Å²) in [7, 11) is 1.67. The quantitative estimate of drug-likeness (QED) is 0.768. The van der Waals surface area contributed by atoms with Gasteiger partial charge in [0.2, 0.25) is 0 Å². The molecule has 7 heteroatoms. The van der Waals surface area contributed by atoms with E-state index in [1.807, 2.05) is 5.38 Å². The van der Waals surface area contributed by atoms with Crippen LogP contribution < -0.4 is 5.32 Å². The van der Waals surface area contributed by atoms with Crippen molar-refractivity contribution in [1.29, 1.82) is 0 Å². The number of methoxy groups -OCH3 is 1. The molecule has 5 nitrogen and oxygen atoms in total. The first-order chi connectivity index (χ1) is 9.26. The van der Waals surface area contributed by atoms with Crippen molar-refractivity contribution in [3.8, 4) is 11.5 Å². The van der Waals surface area contributed by atoms with Gasteiger partial charge in [-0.3, -0.25) is 0 Å². The molecule has 0 aliphatic heterocycles. The highest BCUT2D eigenvalue weighted by molar-refractivity contribution is 14.1. The van der Waals surface area contributed by atoms with E-state index in [4.69, 9.17) is 4.74 Å². The molecular formula is C12H15IN4OS. The molecule has 1 N–H and O–H groups in total. The third kappa shape index (κ3) is 3.61. The number of hydrogen-bond donors (Lipinski definition) is 1. The molecule has 0 aliphatic rings. The molecule has 0 aliphatic carbocycles. The molecule has 0 atom stereocenters. The molecule has 0 bridgehead atoms. The standard InChI is InChI=1S/C12H15IN4OS/c1-3-4-14-12-10(13)8(5-18-2)16-11(17-12)9-6-19-7-15-9/h6-7H,3-5H2,1-2H3,(H,14,16,17). The fourth-order valence-electron chi connectivity index (χ4n) is 1.52. The molecule has 0 amide bonds. The minimum Gasteiger partial charge on any atom is -0.378 e. The zero-order valence-electron chi connectivity index (χ0n) is 10.8. The van der Waals surface area contributed by atoms with Crippen LogP contribution in [0.5, 0.6) is 0 Å². The fourth-order valence-corrected chi connectivity index (χ4v) is 2.64. The summed E-state index contributed by atoms with van der Waals surface area (Å²) < 4.78 is 6.21. The van der Waals surface area contributed by atoms with Crippen molar-refractivity contribution < 1.29 is 4.74 Å². The Morgan fingerprint density at radius 2 is 2.26 bits per heavy atom. The van der Waals surface area contributed by atoms with Crippen molar-refractivity contribution in [2.75, 3.05) is 19.0 Å². The van der Waals surface area contributed by atoms with Crippen molar-refractivity contribution in [3.05, 3.63) is 20.2 Å². The van der Waals surface area contributed by atoms with Gasteiger partial charge in [-0.1, -0.05) is 6.92 Å². The number of rotatable bonds is 6. The third-order valence-electron chi connectivity index (χ3n) is 2.40. The average molecular weight is 390 g/mol. The van der Waals surface area contributed by atoms with Crippen LogP contribution in [-0.2, 0) is 11.3 Å². The fraction of sp³-hybridized carbons (Fsp3) is 0.417. The van der Waals surface area contributed by atoms with E-state index in [0.717, 1.165) is 33.7 Å². The number of nitrogens with zero attached hydrogens (tertiary/aromatic N) is 3. The zero-order valence-corrected chi connectivity index (χ0v) is 13.8. The van der Waals surface area contributed by atoms with Crippen LogP contribution in [0, 0.1) is 3.57 Å². The lowest BCUT2D eigenvalue weighted by atomic mass is 10.3. The third-order valence-corrected chi connectivity index (χ3v) is 4.12. The van der Waals surface area contributed by atoms with E-state index >= 15 is 0 Å². The molecule has 102 valence electrons. The number of halogens is 1. The first kappa shape index (κ1) is 14.6. The highest BCUT2D eigenvalue weighted by atomic mass is 127. The summed E-state index contributed by atoms with van der Waals surface area (Å²) in [5.41, 5.74) is 3.48. The Labute approximate surface area is 130 Å². The summed E-state index contributed by atoms with van der Waals surface area (Å²) in [5, 5.41) is 5.27. The lowest BCUT2D eigenvalue weighted by molar-refractivity contribution is 0.181. The lowest BCUT2D eigenvalue weighted by Gasteiger charge is -2.11. The maximum Gasteiger partial charge on any atom is 0.181 e. The van der Waals surface area contributed by atoms with Crippen LogP contribution in [0.2, 0.25) is 0 Å². The molecule has 0 aromatic carbocycles. The average Bonchev–Trinajstić information content (AvgIpc) is 2.94. The second-order valence-corrected chi connectivity index (χ2v) is 5.69. The first-order valence-corrected chi connectivity index (χ1v) is 7.96. The van der Waals surface area contributed by atoms with Gasteiger partial charge in [0.05, 0.1) is 21.4 Å². The molecule has 2 aromatic rings. The Bertz CT molecular complexity index is 533. The number of ether oxygens (including phenoxy) is 1. The second-order valence-electron chi connectivity index (χ2n) is 3.89. The molecule has 2 aromatic heterocycles. The van der Waals surface area contributed by atoms with Gasteiger partial charge in [0.15, 0.2) is 5.82 Å². The van der Waals surface area contributed by atoms with Crippen LogP contribution >= 0.6 is 33.9 Å². The Kier molecular flexibility index (Phi) is 5.46. The van der Waals surface area contributed by atoms with Crippen molar-refractivity contribution >= 4 is 39.7 Å². The summed E-state index contributed by atoms with van der Waals surface area (Å²) in [6, 6.07) is 0. The normalized spacial score (nSPS) is 10.7. The van der Waals surface area contributed by atoms with E-state index < -0.39 is 0 Å². The maximum absolute atomic E-state index is 5.20. The Balaban J connectivity index is 2.41. The van der Waals surface area contributed by atoms with Crippen LogP contribution in [0.15, 0.2) is 10.9 Å². The minimum absolute atomic E-state index is 0.471. The smallest absolute Gasteiger partial charge is 0.181 e. The lowest BCUT2D eigenvalue weighted by Crippen LogP contribution is -2.09. The highest BCUT2D eigenvalue weighted by Gasteiger charge is 2.14. The number of nitrogens with one attached hydrogen (secondary N) is 1. The van der Waals surface area contributed by atoms with Crippen molar-refractivity contribution in [2.24, 2.45) is 0 Å². The van der Waals surface area contributed by atoms with Crippen LogP contribution in [0.4, 0.5) is 5.82 Å². The number of hydrogen-bond acceptors (Lipinski definition) is 6. The van der Waals surface area contributed by atoms with Gasteiger partial charge >= 0.3 is 0 Å². The summed E-state index contributed by atoms with van der Waals surface area (Å²) in [4.78, 5) is 13.3. The number of thiazole rings is 1. The van der Waals surface area contributed by atoms with Gasteiger partial charge in [-0.25, -0.2) is 15.0 Å². The van der Waals surface area contributed by atoms with Gasteiger partial charge < -0.3 is 10.1 Å². The Morgan fingerprint density at radius 1 is 1.42 bits per heavy atom. The van der Waals surface area contributed by atoms with E-state index in [-0.39, 0.29) is 0 Å². The van der Waals surface area contributed by atoms with Gasteiger partial charge in [0.1, 0.15) is 11.5 Å². The SMILES string of the molecule is CCCNc1nc(-c2cscn2)nc(COC)c1I. The van der Waals surface area contributed by atoms with E-state index in [2.05, 4.69) is 49.8 Å². The summed E-state index contributed by atoms with van der Waals surface area (Å²) in [5.74, 6) is 1.50. The predicted octanol–water partition coefficient (Wildman–Crippen LogP) is 3.17. The molecule has 0 spiro atoms. The van der Waals surface area contributed by atoms with E-state index in [1.54, 1.807) is 12.6 Å². The molecule has 2 heterocycles. The molecule has 0 unspecified atom stereocenters. The first-order valence-electron chi connectivity index (χ1n) is 5.94. The minimum atomic E-state index is 0.471. The van der Waals surface area contributed by atoms with Gasteiger partial charge in [0, 0.05) is 19.0 Å². The summed E-state index contributed by atoms with van der Waals surface area (Å²) >= 11 is 3.79. The molecule has 0 saturated carbocycles. The van der Waals surface area contributed by atoms with E-state index in [0.29, 0.717) is 12.4 Å². The molecule has 0 radical (unpaired) electrons. The zero-order chi connectivity index (χ0) is 13.7. The van der Waals surface area contributed by atoms with Crippen molar-refractivity contribution in [3.63, 3.8) is 0 Å². The summed E-state index contributed by atoms with van der Waals surface area (Å²) in [6.07, 6.45) is 1.05. The van der Waals surface area contributed by atoms with Gasteiger partial charge in [-0.05, 0) is 29.0 Å². The van der Waals surface area contributed by atoms with Crippen molar-refractivity contribution in [1.82, 2.24) is 15.0 Å². The van der Waals surface area contributed by atoms with E-state index in [1.165, 1.54) is 11.3 Å². The van der Waals surface area contributed by atoms with E-state index in [9.17, 15) is 0 Å². The largest absolute Gasteiger partial charge is 0.378 e. The monoisotopic (exact) mass is 390 g/mol. The van der Waals surface area contributed by atoms with Crippen LogP contribution in [0.25, 0.3) is 11.5 Å². The van der Waals surface area contributed by atoms with Crippen LogP contribution in [0.3, 0.4) is 0 Å². The predicted molar refractivity (Wildman–Crippen MR) is 85.4 cm³/mol. The number of aromatic nitrogens is 3. The van der Waals surface area contributed by atoms with Crippen molar-refractivity contribution in [2.45, 2.75) is 20.0 Å². The Morgan fingerprint density at radius 3 is 2.89 bits per heavy atom. The van der Waals surface area contributed by atoms with Crippen LogP contribution in [-0.4, -0.2) is 28.6 Å². The van der Waals surface area contributed by atoms with Crippen LogP contribution in [0.1, 0.15) is 19.0 Å². The number of anilines is 1.